The lowest BCUT2D eigenvalue weighted by molar-refractivity contribution is -0.129. The largest absolute Gasteiger partial charge is 0.341 e. The fourth-order valence-corrected chi connectivity index (χ4v) is 2.98. The van der Waals surface area contributed by atoms with Crippen molar-refractivity contribution in [2.24, 2.45) is 5.92 Å². The molecule has 0 aromatic heterocycles. The molecule has 0 saturated heterocycles. The zero-order valence-electron chi connectivity index (χ0n) is 12.5. The van der Waals surface area contributed by atoms with E-state index in [1.165, 1.54) is 31.2 Å². The molecular formula is C14H21ClN2O3S. The second-order valence-electron chi connectivity index (χ2n) is 5.21. The summed E-state index contributed by atoms with van der Waals surface area (Å²) < 4.78 is 26.6. The first-order valence-electron chi connectivity index (χ1n) is 6.73. The summed E-state index contributed by atoms with van der Waals surface area (Å²) >= 11 is 5.73. The molecule has 0 bridgehead atoms. The number of halogens is 1. The lowest BCUT2D eigenvalue weighted by Crippen LogP contribution is -2.39. The van der Waals surface area contributed by atoms with E-state index >= 15 is 0 Å². The molecule has 1 N–H and O–H groups in total. The molecule has 0 aliphatic carbocycles. The highest BCUT2D eigenvalue weighted by atomic mass is 35.5. The highest BCUT2D eigenvalue weighted by Gasteiger charge is 2.15. The van der Waals surface area contributed by atoms with Crippen molar-refractivity contribution in [2.45, 2.75) is 25.7 Å². The molecule has 0 radical (unpaired) electrons. The first kappa shape index (κ1) is 17.9. The van der Waals surface area contributed by atoms with Gasteiger partial charge in [0.1, 0.15) is 0 Å². The molecule has 118 valence electrons. The van der Waals surface area contributed by atoms with Gasteiger partial charge in [0.05, 0.1) is 4.90 Å². The monoisotopic (exact) mass is 332 g/mol. The van der Waals surface area contributed by atoms with Crippen molar-refractivity contribution in [3.05, 3.63) is 29.3 Å². The van der Waals surface area contributed by atoms with Crippen LogP contribution in [0.1, 0.15) is 20.8 Å². The summed E-state index contributed by atoms with van der Waals surface area (Å²) in [6, 6.07) is 5.94. The Kier molecular flexibility index (Phi) is 6.64. The third-order valence-corrected chi connectivity index (χ3v) is 4.56. The Balaban J connectivity index is 2.61. The summed E-state index contributed by atoms with van der Waals surface area (Å²) in [6.07, 6.45) is 0. The minimum atomic E-state index is -3.57. The van der Waals surface area contributed by atoms with Gasteiger partial charge in [0.25, 0.3) is 0 Å². The number of nitrogens with one attached hydrogen (secondary N) is 1. The van der Waals surface area contributed by atoms with Crippen molar-refractivity contribution in [1.82, 2.24) is 9.62 Å². The van der Waals surface area contributed by atoms with Crippen LogP contribution in [0.4, 0.5) is 0 Å². The molecule has 0 saturated carbocycles. The van der Waals surface area contributed by atoms with Gasteiger partial charge in [0.15, 0.2) is 0 Å². The average molecular weight is 333 g/mol. The number of hydrogen-bond donors (Lipinski definition) is 1. The maximum absolute atomic E-state index is 12.1. The Bertz CT molecular complexity index is 570. The van der Waals surface area contributed by atoms with E-state index in [1.54, 1.807) is 4.90 Å². The summed E-state index contributed by atoms with van der Waals surface area (Å²) in [5.74, 6) is 0.274. The van der Waals surface area contributed by atoms with Crippen LogP contribution in [-0.4, -0.2) is 38.9 Å². The zero-order valence-corrected chi connectivity index (χ0v) is 14.0. The van der Waals surface area contributed by atoms with Gasteiger partial charge in [-0.25, -0.2) is 13.1 Å². The number of amides is 1. The predicted molar refractivity (Wildman–Crippen MR) is 83.7 cm³/mol. The standard InChI is InChI=1S/C14H21ClN2O3S/c1-11(2)10-17(12(3)18)9-8-16-21(19,20)14-6-4-13(15)5-7-14/h4-7,11,16H,8-10H2,1-3H3. The maximum Gasteiger partial charge on any atom is 0.240 e. The Labute approximate surface area is 131 Å². The molecule has 0 fully saturated rings. The fraction of sp³-hybridized carbons (Fsp3) is 0.500. The van der Waals surface area contributed by atoms with E-state index < -0.39 is 10.0 Å². The lowest BCUT2D eigenvalue weighted by Gasteiger charge is -2.23. The van der Waals surface area contributed by atoms with Gasteiger partial charge in [-0.3, -0.25) is 4.79 Å². The lowest BCUT2D eigenvalue weighted by atomic mass is 10.2. The molecule has 7 heteroatoms. The Hall–Kier alpha value is -1.11. The molecule has 1 amide bonds. The van der Waals surface area contributed by atoms with E-state index in [4.69, 9.17) is 11.6 Å². The third-order valence-electron chi connectivity index (χ3n) is 2.83. The molecule has 0 unspecified atom stereocenters. The van der Waals surface area contributed by atoms with Crippen LogP contribution in [0, 0.1) is 5.92 Å². The minimum absolute atomic E-state index is 0.0607. The van der Waals surface area contributed by atoms with Gasteiger partial charge in [-0.2, -0.15) is 0 Å². The number of hydrogen-bond acceptors (Lipinski definition) is 3. The molecule has 0 heterocycles. The Morgan fingerprint density at radius 3 is 2.33 bits per heavy atom. The second-order valence-corrected chi connectivity index (χ2v) is 7.41. The normalized spacial score (nSPS) is 11.7. The molecular weight excluding hydrogens is 312 g/mol. The van der Waals surface area contributed by atoms with Gasteiger partial charge in [0, 0.05) is 31.6 Å². The van der Waals surface area contributed by atoms with Crippen LogP contribution in [-0.2, 0) is 14.8 Å². The first-order valence-corrected chi connectivity index (χ1v) is 8.59. The van der Waals surface area contributed by atoms with E-state index in [-0.39, 0.29) is 17.3 Å². The molecule has 5 nitrogen and oxygen atoms in total. The molecule has 0 aliphatic rings. The van der Waals surface area contributed by atoms with E-state index in [9.17, 15) is 13.2 Å². The van der Waals surface area contributed by atoms with Crippen LogP contribution in [0.3, 0.4) is 0 Å². The van der Waals surface area contributed by atoms with E-state index in [1.807, 2.05) is 13.8 Å². The minimum Gasteiger partial charge on any atom is -0.341 e. The van der Waals surface area contributed by atoms with Crippen LogP contribution < -0.4 is 4.72 Å². The predicted octanol–water partition coefficient (Wildman–Crippen LogP) is 2.12. The number of nitrogens with zero attached hydrogens (tertiary/aromatic N) is 1. The van der Waals surface area contributed by atoms with Gasteiger partial charge >= 0.3 is 0 Å². The SMILES string of the molecule is CC(=O)N(CCNS(=O)(=O)c1ccc(Cl)cc1)CC(C)C. The van der Waals surface area contributed by atoms with E-state index in [0.717, 1.165) is 0 Å². The van der Waals surface area contributed by atoms with Crippen molar-refractivity contribution >= 4 is 27.5 Å². The van der Waals surface area contributed by atoms with Gasteiger partial charge in [-0.1, -0.05) is 25.4 Å². The summed E-state index contributed by atoms with van der Waals surface area (Å²) in [5, 5.41) is 0.480. The second kappa shape index (κ2) is 7.77. The summed E-state index contributed by atoms with van der Waals surface area (Å²) in [7, 11) is -3.57. The number of benzene rings is 1. The van der Waals surface area contributed by atoms with Gasteiger partial charge in [-0.05, 0) is 30.2 Å². The molecule has 1 rings (SSSR count). The molecule has 1 aromatic rings. The van der Waals surface area contributed by atoms with Crippen LogP contribution in [0.15, 0.2) is 29.2 Å². The quantitative estimate of drug-likeness (QED) is 0.831. The number of rotatable bonds is 7. The molecule has 0 aliphatic heterocycles. The zero-order chi connectivity index (χ0) is 16.0. The summed E-state index contributed by atoms with van der Waals surface area (Å²) in [4.78, 5) is 13.3. The Morgan fingerprint density at radius 1 is 1.29 bits per heavy atom. The number of carbonyl (C=O) groups is 1. The van der Waals surface area contributed by atoms with Gasteiger partial charge < -0.3 is 4.90 Å². The van der Waals surface area contributed by atoms with Crippen LogP contribution in [0.2, 0.25) is 5.02 Å². The van der Waals surface area contributed by atoms with Crippen molar-refractivity contribution in [1.29, 1.82) is 0 Å². The molecule has 1 aromatic carbocycles. The van der Waals surface area contributed by atoms with Gasteiger partial charge in [-0.15, -0.1) is 0 Å². The van der Waals surface area contributed by atoms with Crippen LogP contribution in [0.5, 0.6) is 0 Å². The number of carbonyl (C=O) groups excluding carboxylic acids is 1. The van der Waals surface area contributed by atoms with Crippen molar-refractivity contribution < 1.29 is 13.2 Å². The molecule has 21 heavy (non-hydrogen) atoms. The van der Waals surface area contributed by atoms with Crippen LogP contribution in [0.25, 0.3) is 0 Å². The van der Waals surface area contributed by atoms with E-state index in [2.05, 4.69) is 4.72 Å². The highest BCUT2D eigenvalue weighted by molar-refractivity contribution is 7.89. The molecule has 0 atom stereocenters. The van der Waals surface area contributed by atoms with Crippen LogP contribution >= 0.6 is 11.6 Å². The van der Waals surface area contributed by atoms with Crippen molar-refractivity contribution in [3.8, 4) is 0 Å². The number of sulfonamides is 1. The smallest absolute Gasteiger partial charge is 0.240 e. The topological polar surface area (TPSA) is 66.5 Å². The highest BCUT2D eigenvalue weighted by Crippen LogP contribution is 2.13. The van der Waals surface area contributed by atoms with Gasteiger partial charge in [0.2, 0.25) is 15.9 Å². The summed E-state index contributed by atoms with van der Waals surface area (Å²) in [6.45, 7) is 6.63. The Morgan fingerprint density at radius 2 is 1.86 bits per heavy atom. The van der Waals surface area contributed by atoms with E-state index in [0.29, 0.717) is 24.0 Å². The first-order chi connectivity index (χ1) is 9.72. The summed E-state index contributed by atoms with van der Waals surface area (Å²) in [5.41, 5.74) is 0. The molecule has 0 spiro atoms. The average Bonchev–Trinajstić information content (AvgIpc) is 2.37. The van der Waals surface area contributed by atoms with Crippen molar-refractivity contribution in [3.63, 3.8) is 0 Å². The van der Waals surface area contributed by atoms with Crippen molar-refractivity contribution in [2.75, 3.05) is 19.6 Å². The maximum atomic E-state index is 12.1. The fourth-order valence-electron chi connectivity index (χ4n) is 1.83. The third kappa shape index (κ3) is 6.03.